The molecule has 0 aliphatic carbocycles. The van der Waals surface area contributed by atoms with Crippen LogP contribution in [0.15, 0.2) is 83.6 Å². The quantitative estimate of drug-likeness (QED) is 0.306. The predicted octanol–water partition coefficient (Wildman–Crippen LogP) is 5.67. The van der Waals surface area contributed by atoms with Gasteiger partial charge >= 0.3 is 0 Å². The van der Waals surface area contributed by atoms with Crippen LogP contribution in [-0.4, -0.2) is 55.1 Å². The van der Waals surface area contributed by atoms with Gasteiger partial charge in [-0.1, -0.05) is 61.2 Å². The summed E-state index contributed by atoms with van der Waals surface area (Å²) in [6.07, 6.45) is 2.99. The lowest BCUT2D eigenvalue weighted by Gasteiger charge is -2.24. The van der Waals surface area contributed by atoms with Crippen LogP contribution < -0.4 is 5.32 Å². The Morgan fingerprint density at radius 2 is 1.86 bits per heavy atom. The summed E-state index contributed by atoms with van der Waals surface area (Å²) in [5.74, 6) is -0.808. The third-order valence-corrected chi connectivity index (χ3v) is 10.1. The van der Waals surface area contributed by atoms with Gasteiger partial charge in [0.15, 0.2) is 15.0 Å². The van der Waals surface area contributed by atoms with E-state index in [0.717, 1.165) is 27.9 Å². The number of rotatable bonds is 6. The largest absolute Gasteiger partial charge is 0.376 e. The van der Waals surface area contributed by atoms with Crippen molar-refractivity contribution in [1.82, 2.24) is 9.88 Å². The van der Waals surface area contributed by atoms with Gasteiger partial charge in [-0.15, -0.1) is 11.3 Å². The molecule has 2 aliphatic heterocycles. The second-order valence-corrected chi connectivity index (χ2v) is 13.2. The molecular formula is C32H29N3O5S2. The van der Waals surface area contributed by atoms with Crippen LogP contribution in [0.3, 0.4) is 0 Å². The summed E-state index contributed by atoms with van der Waals surface area (Å²) in [5, 5.41) is 5.24. The van der Waals surface area contributed by atoms with Crippen LogP contribution in [-0.2, 0) is 26.0 Å². The zero-order valence-electron chi connectivity index (χ0n) is 22.8. The molecule has 1 saturated heterocycles. The molecule has 1 aromatic heterocycles. The number of nitrogens with one attached hydrogen (secondary N) is 1. The number of thiazole rings is 1. The SMILES string of the molecule is C=Cc1ccc(-c2cccc(-c3csc(NC(=O)[C@@H]4CCCN4C(=O)c4ccc5c(c4)S(=O)(=O)CCOC5)n3)c2)cc1. The molecule has 2 amide bonds. The van der Waals surface area contributed by atoms with Gasteiger partial charge in [0, 0.05) is 23.1 Å². The van der Waals surface area contributed by atoms with E-state index in [1.54, 1.807) is 12.1 Å². The first kappa shape index (κ1) is 28.0. The van der Waals surface area contributed by atoms with E-state index in [4.69, 9.17) is 4.74 Å². The molecule has 4 aromatic rings. The highest BCUT2D eigenvalue weighted by atomic mass is 32.2. The van der Waals surface area contributed by atoms with E-state index in [-0.39, 0.29) is 41.2 Å². The number of hydrogen-bond acceptors (Lipinski definition) is 7. The van der Waals surface area contributed by atoms with E-state index in [2.05, 4.69) is 35.1 Å². The molecule has 0 radical (unpaired) electrons. The summed E-state index contributed by atoms with van der Waals surface area (Å²) in [5.41, 5.74) is 5.65. The molecule has 0 unspecified atom stereocenters. The Kier molecular flexibility index (Phi) is 7.76. The van der Waals surface area contributed by atoms with Crippen molar-refractivity contribution in [3.63, 3.8) is 0 Å². The molecule has 8 nitrogen and oxygen atoms in total. The van der Waals surface area contributed by atoms with Gasteiger partial charge in [-0.05, 0) is 53.3 Å². The number of nitrogens with zero attached hydrogens (tertiary/aromatic N) is 2. The number of carbonyl (C=O) groups is 2. The Balaban J connectivity index is 1.17. The van der Waals surface area contributed by atoms with Crippen molar-refractivity contribution in [3.05, 3.63) is 95.4 Å². The van der Waals surface area contributed by atoms with Crippen LogP contribution in [0.2, 0.25) is 0 Å². The van der Waals surface area contributed by atoms with E-state index in [0.29, 0.717) is 30.1 Å². The summed E-state index contributed by atoms with van der Waals surface area (Å²) < 4.78 is 30.8. The van der Waals surface area contributed by atoms with Crippen molar-refractivity contribution in [2.75, 3.05) is 24.2 Å². The average Bonchev–Trinajstić information content (AvgIpc) is 3.66. The predicted molar refractivity (Wildman–Crippen MR) is 164 cm³/mol. The fourth-order valence-corrected chi connectivity index (χ4v) is 7.44. The summed E-state index contributed by atoms with van der Waals surface area (Å²) >= 11 is 1.33. The Morgan fingerprint density at radius 1 is 1.05 bits per heavy atom. The van der Waals surface area contributed by atoms with Crippen molar-refractivity contribution in [2.24, 2.45) is 0 Å². The van der Waals surface area contributed by atoms with Crippen LogP contribution >= 0.6 is 11.3 Å². The average molecular weight is 600 g/mol. The van der Waals surface area contributed by atoms with Gasteiger partial charge in [0.2, 0.25) is 5.91 Å². The van der Waals surface area contributed by atoms with Crippen molar-refractivity contribution in [3.8, 4) is 22.4 Å². The number of aromatic nitrogens is 1. The van der Waals surface area contributed by atoms with Gasteiger partial charge in [-0.3, -0.25) is 9.59 Å². The number of amides is 2. The van der Waals surface area contributed by atoms with Crippen LogP contribution in [0.5, 0.6) is 0 Å². The highest BCUT2D eigenvalue weighted by molar-refractivity contribution is 7.91. The first-order chi connectivity index (χ1) is 20.3. The second-order valence-electron chi connectivity index (χ2n) is 10.3. The van der Waals surface area contributed by atoms with Crippen molar-refractivity contribution >= 4 is 44.2 Å². The maximum Gasteiger partial charge on any atom is 0.254 e. The van der Waals surface area contributed by atoms with Gasteiger partial charge in [0.1, 0.15) is 6.04 Å². The fraction of sp³-hybridized carbons (Fsp3) is 0.219. The highest BCUT2D eigenvalue weighted by Gasteiger charge is 2.35. The monoisotopic (exact) mass is 599 g/mol. The Labute approximate surface area is 248 Å². The molecule has 1 fully saturated rings. The topological polar surface area (TPSA) is 106 Å². The van der Waals surface area contributed by atoms with Gasteiger partial charge in [0.25, 0.3) is 5.91 Å². The van der Waals surface area contributed by atoms with E-state index in [1.807, 2.05) is 41.8 Å². The standard InChI is InChI=1S/C32H29N3O5S2/c1-2-21-8-10-22(11-9-21)23-5-3-6-24(17-23)27-20-41-32(33-27)34-30(36)28-7-4-14-35(28)31(37)25-12-13-26-19-40-15-16-42(38,39)29(26)18-25/h2-3,5-6,8-13,17-18,20,28H,1,4,7,14-16,19H2,(H,33,34,36)/t28-/m0/s1. The molecule has 6 rings (SSSR count). The molecule has 42 heavy (non-hydrogen) atoms. The Bertz CT molecular complexity index is 1780. The first-order valence-corrected chi connectivity index (χ1v) is 16.2. The number of likely N-dealkylation sites (tertiary alicyclic amines) is 1. The lowest BCUT2D eigenvalue weighted by atomic mass is 10.0. The molecular weight excluding hydrogens is 571 g/mol. The van der Waals surface area contributed by atoms with Gasteiger partial charge in [0.05, 0.1) is 29.6 Å². The normalized spacial score (nSPS) is 17.7. The lowest BCUT2D eigenvalue weighted by Crippen LogP contribution is -2.43. The van der Waals surface area contributed by atoms with Crippen molar-refractivity contribution in [1.29, 1.82) is 0 Å². The lowest BCUT2D eigenvalue weighted by molar-refractivity contribution is -0.119. The minimum atomic E-state index is -3.56. The van der Waals surface area contributed by atoms with Crippen LogP contribution in [0.4, 0.5) is 5.13 Å². The third-order valence-electron chi connectivity index (χ3n) is 7.59. The number of sulfone groups is 1. The van der Waals surface area contributed by atoms with Gasteiger partial charge in [-0.25, -0.2) is 13.4 Å². The molecule has 0 spiro atoms. The minimum Gasteiger partial charge on any atom is -0.376 e. The van der Waals surface area contributed by atoms with Gasteiger partial charge < -0.3 is 15.0 Å². The van der Waals surface area contributed by atoms with Crippen LogP contribution in [0.25, 0.3) is 28.5 Å². The fourth-order valence-electron chi connectivity index (χ4n) is 5.33. The molecule has 2 aliphatic rings. The minimum absolute atomic E-state index is 0.114. The molecule has 214 valence electrons. The number of hydrogen-bond donors (Lipinski definition) is 1. The second kappa shape index (κ2) is 11.6. The van der Waals surface area contributed by atoms with Crippen molar-refractivity contribution in [2.45, 2.75) is 30.4 Å². The number of carbonyl (C=O) groups excluding carboxylic acids is 2. The van der Waals surface area contributed by atoms with Gasteiger partial charge in [-0.2, -0.15) is 0 Å². The summed E-state index contributed by atoms with van der Waals surface area (Å²) in [6, 6.07) is 20.2. The zero-order valence-corrected chi connectivity index (χ0v) is 24.4. The summed E-state index contributed by atoms with van der Waals surface area (Å²) in [4.78, 5) is 33.1. The van der Waals surface area contributed by atoms with E-state index in [1.165, 1.54) is 22.3 Å². The van der Waals surface area contributed by atoms with E-state index < -0.39 is 15.9 Å². The number of fused-ring (bicyclic) bond motifs is 1. The van der Waals surface area contributed by atoms with Crippen LogP contribution in [0.1, 0.15) is 34.3 Å². The Morgan fingerprint density at radius 3 is 2.67 bits per heavy atom. The maximum absolute atomic E-state index is 13.5. The number of ether oxygens (including phenoxy) is 1. The van der Waals surface area contributed by atoms with E-state index in [9.17, 15) is 18.0 Å². The summed E-state index contributed by atoms with van der Waals surface area (Å²) in [7, 11) is -3.56. The molecule has 3 aromatic carbocycles. The smallest absolute Gasteiger partial charge is 0.254 e. The first-order valence-electron chi connectivity index (χ1n) is 13.7. The zero-order chi connectivity index (χ0) is 29.3. The third kappa shape index (κ3) is 5.65. The molecule has 1 atom stereocenters. The molecule has 1 N–H and O–H groups in total. The molecule has 10 heteroatoms. The van der Waals surface area contributed by atoms with Crippen LogP contribution in [0, 0.1) is 0 Å². The Hall–Kier alpha value is -4.12. The molecule has 0 saturated carbocycles. The molecule has 0 bridgehead atoms. The summed E-state index contributed by atoms with van der Waals surface area (Å²) in [6.45, 7) is 4.51. The highest BCUT2D eigenvalue weighted by Crippen LogP contribution is 2.31. The maximum atomic E-state index is 13.5. The van der Waals surface area contributed by atoms with E-state index >= 15 is 0 Å². The number of anilines is 1. The molecule has 3 heterocycles. The van der Waals surface area contributed by atoms with Crippen molar-refractivity contribution < 1.29 is 22.7 Å². The number of benzene rings is 3.